The average molecular weight is 331 g/mol. The second kappa shape index (κ2) is 9.22. The van der Waals surface area contributed by atoms with Crippen LogP contribution in [0.2, 0.25) is 0 Å². The Balaban J connectivity index is 0.00000109. The average Bonchev–Trinajstić information content (AvgIpc) is 2.70. The zero-order chi connectivity index (χ0) is 18.2. The first-order valence-corrected chi connectivity index (χ1v) is 9.37. The molecule has 0 saturated carbocycles. The standard InChI is InChI=1S/C23H24.C2H6/c1-17(20-11-6-4-7-12-20)22-15-10-16-23(19(22)3)18(2)21-13-8-5-9-14-21;1-2/h4-18H,1-3H3;1-2H3. The zero-order valence-electron chi connectivity index (χ0n) is 16.2. The summed E-state index contributed by atoms with van der Waals surface area (Å²) in [5, 5.41) is 0. The van der Waals surface area contributed by atoms with E-state index in [2.05, 4.69) is 99.6 Å². The molecule has 0 aliphatic carbocycles. The van der Waals surface area contributed by atoms with Crippen LogP contribution >= 0.6 is 0 Å². The minimum absolute atomic E-state index is 0.416. The van der Waals surface area contributed by atoms with Gasteiger partial charge in [-0.3, -0.25) is 0 Å². The van der Waals surface area contributed by atoms with Gasteiger partial charge in [-0.05, 0) is 34.7 Å². The maximum Gasteiger partial charge on any atom is 0.00637 e. The van der Waals surface area contributed by atoms with Crippen molar-refractivity contribution in [1.29, 1.82) is 0 Å². The van der Waals surface area contributed by atoms with Crippen LogP contribution < -0.4 is 0 Å². The highest BCUT2D eigenvalue weighted by Gasteiger charge is 2.16. The fourth-order valence-corrected chi connectivity index (χ4v) is 3.45. The van der Waals surface area contributed by atoms with Gasteiger partial charge in [0.2, 0.25) is 0 Å². The molecule has 0 fully saturated rings. The predicted octanol–water partition coefficient (Wildman–Crippen LogP) is 7.32. The van der Waals surface area contributed by atoms with Crippen molar-refractivity contribution in [2.24, 2.45) is 0 Å². The van der Waals surface area contributed by atoms with E-state index in [1.54, 1.807) is 0 Å². The summed E-state index contributed by atoms with van der Waals surface area (Å²) < 4.78 is 0. The van der Waals surface area contributed by atoms with Crippen molar-refractivity contribution in [2.75, 3.05) is 0 Å². The largest absolute Gasteiger partial charge is 0.0683 e. The lowest BCUT2D eigenvalue weighted by molar-refractivity contribution is 0.867. The Morgan fingerprint density at radius 2 is 0.880 bits per heavy atom. The molecule has 2 atom stereocenters. The molecule has 0 saturated heterocycles. The summed E-state index contributed by atoms with van der Waals surface area (Å²) in [5.41, 5.74) is 7.02. The van der Waals surface area contributed by atoms with Crippen LogP contribution in [0.25, 0.3) is 0 Å². The molecule has 0 aliphatic rings. The van der Waals surface area contributed by atoms with Gasteiger partial charge in [-0.2, -0.15) is 0 Å². The Labute approximate surface area is 153 Å². The first kappa shape index (κ1) is 19.0. The molecule has 0 aromatic heterocycles. The Kier molecular flexibility index (Phi) is 7.01. The molecule has 3 aromatic rings. The Morgan fingerprint density at radius 3 is 1.24 bits per heavy atom. The van der Waals surface area contributed by atoms with Crippen molar-refractivity contribution in [3.8, 4) is 0 Å². The molecule has 0 heteroatoms. The summed E-state index contributed by atoms with van der Waals surface area (Å²) in [6, 6.07) is 28.3. The number of hydrogen-bond donors (Lipinski definition) is 0. The van der Waals surface area contributed by atoms with Crippen molar-refractivity contribution in [1.82, 2.24) is 0 Å². The second-order valence-electron chi connectivity index (χ2n) is 6.33. The lowest BCUT2D eigenvalue weighted by Crippen LogP contribution is -2.04. The van der Waals surface area contributed by atoms with E-state index >= 15 is 0 Å². The summed E-state index contributed by atoms with van der Waals surface area (Å²) in [6.45, 7) is 10.9. The highest BCUT2D eigenvalue weighted by atomic mass is 14.2. The lowest BCUT2D eigenvalue weighted by atomic mass is 9.83. The molecule has 0 bridgehead atoms. The molecule has 3 rings (SSSR count). The molecule has 0 heterocycles. The van der Waals surface area contributed by atoms with E-state index in [1.807, 2.05) is 13.8 Å². The zero-order valence-corrected chi connectivity index (χ0v) is 16.2. The van der Waals surface area contributed by atoms with Crippen molar-refractivity contribution in [3.05, 3.63) is 107 Å². The summed E-state index contributed by atoms with van der Waals surface area (Å²) in [4.78, 5) is 0. The quantitative estimate of drug-likeness (QED) is 0.470. The number of hydrogen-bond acceptors (Lipinski definition) is 0. The van der Waals surface area contributed by atoms with Gasteiger partial charge in [0, 0.05) is 11.8 Å². The molecule has 0 nitrogen and oxygen atoms in total. The third-order valence-corrected chi connectivity index (χ3v) is 4.95. The van der Waals surface area contributed by atoms with Gasteiger partial charge in [-0.25, -0.2) is 0 Å². The minimum atomic E-state index is 0.416. The van der Waals surface area contributed by atoms with E-state index in [0.717, 1.165) is 0 Å². The molecule has 130 valence electrons. The maximum atomic E-state index is 2.30. The van der Waals surface area contributed by atoms with E-state index in [0.29, 0.717) is 11.8 Å². The monoisotopic (exact) mass is 330 g/mol. The molecule has 3 aromatic carbocycles. The van der Waals surface area contributed by atoms with Crippen molar-refractivity contribution < 1.29 is 0 Å². The van der Waals surface area contributed by atoms with Crippen LogP contribution in [0.5, 0.6) is 0 Å². The van der Waals surface area contributed by atoms with Gasteiger partial charge in [-0.15, -0.1) is 0 Å². The number of benzene rings is 3. The molecular formula is C25H30. The SMILES string of the molecule is CC.Cc1c(C(C)c2ccccc2)cccc1C(C)c1ccccc1. The van der Waals surface area contributed by atoms with Crippen LogP contribution in [-0.4, -0.2) is 0 Å². The summed E-state index contributed by atoms with van der Waals surface area (Å²) in [7, 11) is 0. The molecule has 0 spiro atoms. The predicted molar refractivity (Wildman–Crippen MR) is 110 cm³/mol. The fourth-order valence-electron chi connectivity index (χ4n) is 3.45. The smallest absolute Gasteiger partial charge is 0.00637 e. The molecule has 0 N–H and O–H groups in total. The van der Waals surface area contributed by atoms with Crippen LogP contribution in [0.3, 0.4) is 0 Å². The van der Waals surface area contributed by atoms with Gasteiger partial charge in [-0.1, -0.05) is 107 Å². The Hall–Kier alpha value is -2.34. The molecular weight excluding hydrogens is 300 g/mol. The van der Waals surface area contributed by atoms with Crippen molar-refractivity contribution in [3.63, 3.8) is 0 Å². The molecule has 0 aliphatic heterocycles. The summed E-state index contributed by atoms with van der Waals surface area (Å²) in [6.07, 6.45) is 0. The highest BCUT2D eigenvalue weighted by Crippen LogP contribution is 2.33. The Morgan fingerprint density at radius 1 is 0.520 bits per heavy atom. The molecule has 0 amide bonds. The highest BCUT2D eigenvalue weighted by molar-refractivity contribution is 5.45. The normalized spacial score (nSPS) is 12.7. The van der Waals surface area contributed by atoms with Gasteiger partial charge >= 0.3 is 0 Å². The van der Waals surface area contributed by atoms with Gasteiger partial charge in [0.05, 0.1) is 0 Å². The van der Waals surface area contributed by atoms with Gasteiger partial charge in [0.1, 0.15) is 0 Å². The molecule has 25 heavy (non-hydrogen) atoms. The van der Waals surface area contributed by atoms with E-state index in [-0.39, 0.29) is 0 Å². The van der Waals surface area contributed by atoms with Gasteiger partial charge in [0.25, 0.3) is 0 Å². The van der Waals surface area contributed by atoms with Crippen molar-refractivity contribution in [2.45, 2.75) is 46.5 Å². The van der Waals surface area contributed by atoms with E-state index in [9.17, 15) is 0 Å². The summed E-state index contributed by atoms with van der Waals surface area (Å²) >= 11 is 0. The first-order chi connectivity index (χ1) is 12.2. The lowest BCUT2D eigenvalue weighted by Gasteiger charge is -2.21. The van der Waals surface area contributed by atoms with Gasteiger partial charge in [0.15, 0.2) is 0 Å². The third-order valence-electron chi connectivity index (χ3n) is 4.95. The first-order valence-electron chi connectivity index (χ1n) is 9.37. The van der Waals surface area contributed by atoms with Crippen LogP contribution in [0.15, 0.2) is 78.9 Å². The third kappa shape index (κ3) is 4.39. The second-order valence-corrected chi connectivity index (χ2v) is 6.33. The van der Waals surface area contributed by atoms with Crippen LogP contribution in [0.1, 0.15) is 67.3 Å². The molecule has 0 radical (unpaired) electrons. The molecule has 2 unspecified atom stereocenters. The topological polar surface area (TPSA) is 0 Å². The van der Waals surface area contributed by atoms with E-state index in [4.69, 9.17) is 0 Å². The number of rotatable bonds is 4. The minimum Gasteiger partial charge on any atom is -0.0683 e. The van der Waals surface area contributed by atoms with E-state index < -0.39 is 0 Å². The van der Waals surface area contributed by atoms with Gasteiger partial charge < -0.3 is 0 Å². The van der Waals surface area contributed by atoms with Crippen LogP contribution in [0.4, 0.5) is 0 Å². The Bertz CT molecular complexity index is 693. The fraction of sp³-hybridized carbons (Fsp3) is 0.280. The maximum absolute atomic E-state index is 2.30. The van der Waals surface area contributed by atoms with Crippen LogP contribution in [0, 0.1) is 6.92 Å². The van der Waals surface area contributed by atoms with Crippen molar-refractivity contribution >= 4 is 0 Å². The van der Waals surface area contributed by atoms with E-state index in [1.165, 1.54) is 27.8 Å². The van der Waals surface area contributed by atoms with Crippen LogP contribution in [-0.2, 0) is 0 Å². The summed E-state index contributed by atoms with van der Waals surface area (Å²) in [5.74, 6) is 0.832.